The van der Waals surface area contributed by atoms with E-state index in [2.05, 4.69) is 0 Å². The van der Waals surface area contributed by atoms with Gasteiger partial charge in [-0.25, -0.2) is 17.5 Å². The highest BCUT2D eigenvalue weighted by atomic mass is 32.2. The zero-order valence-electron chi connectivity index (χ0n) is 17.0. The van der Waals surface area contributed by atoms with Gasteiger partial charge in [-0.2, -0.15) is 0 Å². The summed E-state index contributed by atoms with van der Waals surface area (Å²) >= 11 is 0. The van der Waals surface area contributed by atoms with Crippen molar-refractivity contribution in [2.45, 2.75) is 50.8 Å². The number of likely N-dealkylation sites (tertiary alicyclic amines) is 1. The molecule has 2 aliphatic heterocycles. The standard InChI is InChI=1S/C21H30N2O5S/c1-2-28-21(25)19-10-6-7-13-23(19)20(24)18-11-14-22(15-12-18)29(26,27)16-17-8-4-3-5-9-17/h3-5,8-9,18-19H,2,6-7,10-16H2,1H3. The molecule has 3 rings (SSSR count). The Hall–Kier alpha value is -1.93. The zero-order valence-corrected chi connectivity index (χ0v) is 17.8. The van der Waals surface area contributed by atoms with E-state index in [1.807, 2.05) is 18.2 Å². The van der Waals surface area contributed by atoms with Gasteiger partial charge in [-0.1, -0.05) is 30.3 Å². The molecular weight excluding hydrogens is 392 g/mol. The lowest BCUT2D eigenvalue weighted by molar-refractivity contribution is -0.158. The fraction of sp³-hybridized carbons (Fsp3) is 0.619. The minimum atomic E-state index is -3.41. The molecule has 7 nitrogen and oxygen atoms in total. The SMILES string of the molecule is CCOC(=O)C1CCCCN1C(=O)C1CCN(S(=O)(=O)Cc2ccccc2)CC1. The monoisotopic (exact) mass is 422 g/mol. The quantitative estimate of drug-likeness (QED) is 0.656. The number of ether oxygens (including phenoxy) is 1. The summed E-state index contributed by atoms with van der Waals surface area (Å²) in [4.78, 5) is 27.0. The molecule has 8 heteroatoms. The van der Waals surface area contributed by atoms with E-state index in [4.69, 9.17) is 4.74 Å². The van der Waals surface area contributed by atoms with Crippen LogP contribution in [0.25, 0.3) is 0 Å². The highest BCUT2D eigenvalue weighted by Crippen LogP contribution is 2.27. The van der Waals surface area contributed by atoms with Crippen LogP contribution in [0.4, 0.5) is 0 Å². The molecule has 0 saturated carbocycles. The molecule has 0 spiro atoms. The van der Waals surface area contributed by atoms with Crippen molar-refractivity contribution in [1.82, 2.24) is 9.21 Å². The second-order valence-corrected chi connectivity index (χ2v) is 9.68. The van der Waals surface area contributed by atoms with Crippen LogP contribution in [0, 0.1) is 5.92 Å². The Kier molecular flexibility index (Phi) is 7.29. The van der Waals surface area contributed by atoms with Gasteiger partial charge in [0.25, 0.3) is 0 Å². The van der Waals surface area contributed by atoms with Crippen molar-refractivity contribution in [3.8, 4) is 0 Å². The van der Waals surface area contributed by atoms with E-state index in [1.165, 1.54) is 4.31 Å². The van der Waals surface area contributed by atoms with E-state index >= 15 is 0 Å². The Morgan fingerprint density at radius 3 is 2.38 bits per heavy atom. The van der Waals surface area contributed by atoms with Crippen molar-refractivity contribution in [1.29, 1.82) is 0 Å². The lowest BCUT2D eigenvalue weighted by atomic mass is 9.93. The van der Waals surface area contributed by atoms with E-state index in [1.54, 1.807) is 24.0 Å². The lowest BCUT2D eigenvalue weighted by Crippen LogP contribution is -2.52. The summed E-state index contributed by atoms with van der Waals surface area (Å²) < 4.78 is 32.1. The highest BCUT2D eigenvalue weighted by molar-refractivity contribution is 7.88. The number of nitrogens with zero attached hydrogens (tertiary/aromatic N) is 2. The second-order valence-electron chi connectivity index (χ2n) is 7.71. The number of hydrogen-bond donors (Lipinski definition) is 0. The fourth-order valence-corrected chi connectivity index (χ4v) is 5.73. The van der Waals surface area contributed by atoms with Gasteiger partial charge in [0.15, 0.2) is 0 Å². The third-order valence-corrected chi connectivity index (χ3v) is 7.58. The van der Waals surface area contributed by atoms with E-state index in [-0.39, 0.29) is 23.5 Å². The molecule has 0 N–H and O–H groups in total. The number of amides is 1. The van der Waals surface area contributed by atoms with Crippen molar-refractivity contribution < 1.29 is 22.7 Å². The number of carbonyl (C=O) groups is 2. The Morgan fingerprint density at radius 2 is 1.72 bits per heavy atom. The number of esters is 1. The molecule has 1 atom stereocenters. The molecule has 2 heterocycles. The zero-order chi connectivity index (χ0) is 20.9. The minimum absolute atomic E-state index is 0.0243. The van der Waals surface area contributed by atoms with Crippen LogP contribution in [0.3, 0.4) is 0 Å². The van der Waals surface area contributed by atoms with E-state index in [0.717, 1.165) is 18.4 Å². The summed E-state index contributed by atoms with van der Waals surface area (Å²) in [7, 11) is -3.41. The molecule has 1 aromatic carbocycles. The van der Waals surface area contributed by atoms with E-state index in [9.17, 15) is 18.0 Å². The fourth-order valence-electron chi connectivity index (χ4n) is 4.17. The topological polar surface area (TPSA) is 84.0 Å². The third-order valence-electron chi connectivity index (χ3n) is 5.73. The van der Waals surface area contributed by atoms with Gasteiger partial charge in [0, 0.05) is 25.6 Å². The average Bonchev–Trinajstić information content (AvgIpc) is 2.74. The molecule has 2 saturated heterocycles. The molecule has 0 bridgehead atoms. The Balaban J connectivity index is 1.59. The smallest absolute Gasteiger partial charge is 0.328 e. The van der Waals surface area contributed by atoms with Crippen LogP contribution in [-0.2, 0) is 30.1 Å². The molecule has 0 radical (unpaired) electrons. The first-order chi connectivity index (χ1) is 13.9. The predicted molar refractivity (Wildman–Crippen MR) is 109 cm³/mol. The summed E-state index contributed by atoms with van der Waals surface area (Å²) in [6.45, 7) is 3.30. The Morgan fingerprint density at radius 1 is 1.03 bits per heavy atom. The minimum Gasteiger partial charge on any atom is -0.464 e. The molecule has 2 fully saturated rings. The Labute approximate surface area is 173 Å². The molecule has 160 valence electrons. The largest absolute Gasteiger partial charge is 0.464 e. The molecular formula is C21H30N2O5S. The van der Waals surface area contributed by atoms with Gasteiger partial charge in [0.05, 0.1) is 12.4 Å². The average molecular weight is 423 g/mol. The van der Waals surface area contributed by atoms with Gasteiger partial charge >= 0.3 is 5.97 Å². The van der Waals surface area contributed by atoms with Crippen LogP contribution < -0.4 is 0 Å². The maximum Gasteiger partial charge on any atom is 0.328 e. The molecule has 2 aliphatic rings. The first-order valence-electron chi connectivity index (χ1n) is 10.4. The van der Waals surface area contributed by atoms with Crippen molar-refractivity contribution in [3.05, 3.63) is 35.9 Å². The summed E-state index contributed by atoms with van der Waals surface area (Å²) in [5.41, 5.74) is 0.760. The van der Waals surface area contributed by atoms with Crippen LogP contribution in [0.2, 0.25) is 0 Å². The van der Waals surface area contributed by atoms with E-state index in [0.29, 0.717) is 45.5 Å². The lowest BCUT2D eigenvalue weighted by Gasteiger charge is -2.38. The number of rotatable bonds is 6. The van der Waals surface area contributed by atoms with Gasteiger partial charge in [0.2, 0.25) is 15.9 Å². The number of sulfonamides is 1. The molecule has 1 unspecified atom stereocenters. The highest BCUT2D eigenvalue weighted by Gasteiger charge is 2.38. The number of hydrogen-bond acceptors (Lipinski definition) is 5. The maximum absolute atomic E-state index is 13.1. The summed E-state index contributed by atoms with van der Waals surface area (Å²) in [5, 5.41) is 0. The van der Waals surface area contributed by atoms with Crippen LogP contribution in [0.1, 0.15) is 44.6 Å². The summed E-state index contributed by atoms with van der Waals surface area (Å²) in [6, 6.07) is 8.62. The van der Waals surface area contributed by atoms with Crippen LogP contribution in [0.5, 0.6) is 0 Å². The van der Waals surface area contributed by atoms with Crippen LogP contribution >= 0.6 is 0 Å². The number of carbonyl (C=O) groups excluding carboxylic acids is 2. The van der Waals surface area contributed by atoms with Crippen molar-refractivity contribution in [2.75, 3.05) is 26.2 Å². The summed E-state index contributed by atoms with van der Waals surface area (Å²) in [5.74, 6) is -0.636. The third kappa shape index (κ3) is 5.36. The van der Waals surface area contributed by atoms with Gasteiger partial charge in [-0.15, -0.1) is 0 Å². The van der Waals surface area contributed by atoms with E-state index < -0.39 is 16.1 Å². The molecule has 1 amide bonds. The molecule has 29 heavy (non-hydrogen) atoms. The second kappa shape index (κ2) is 9.71. The molecule has 0 aliphatic carbocycles. The number of benzene rings is 1. The van der Waals surface area contributed by atoms with Crippen molar-refractivity contribution >= 4 is 21.9 Å². The normalized spacial score (nSPS) is 21.7. The van der Waals surface area contributed by atoms with Crippen LogP contribution in [0.15, 0.2) is 30.3 Å². The molecule has 0 aromatic heterocycles. The van der Waals surface area contributed by atoms with Gasteiger partial charge < -0.3 is 9.64 Å². The Bertz CT molecular complexity index is 804. The predicted octanol–water partition coefficient (Wildman–Crippen LogP) is 2.17. The van der Waals surface area contributed by atoms with Crippen molar-refractivity contribution in [3.63, 3.8) is 0 Å². The first kappa shape index (κ1) is 21.8. The summed E-state index contributed by atoms with van der Waals surface area (Å²) in [6.07, 6.45) is 3.39. The molecule has 1 aromatic rings. The van der Waals surface area contributed by atoms with Crippen molar-refractivity contribution in [2.24, 2.45) is 5.92 Å². The maximum atomic E-state index is 13.1. The first-order valence-corrected chi connectivity index (χ1v) is 12.0. The number of piperidine rings is 2. The van der Waals surface area contributed by atoms with Gasteiger partial charge in [-0.05, 0) is 44.6 Å². The van der Waals surface area contributed by atoms with Crippen LogP contribution in [-0.4, -0.2) is 61.8 Å². The van der Waals surface area contributed by atoms with Gasteiger partial charge in [0.1, 0.15) is 6.04 Å². The van der Waals surface area contributed by atoms with Gasteiger partial charge in [-0.3, -0.25) is 4.79 Å².